The number of carbonyl (C=O) groups is 1. The van der Waals surface area contributed by atoms with Crippen molar-refractivity contribution in [3.63, 3.8) is 0 Å². The quantitative estimate of drug-likeness (QED) is 0.425. The molecule has 1 unspecified atom stereocenters. The highest BCUT2D eigenvalue weighted by molar-refractivity contribution is 7.15. The summed E-state index contributed by atoms with van der Waals surface area (Å²) < 4.78 is 0. The molecule has 152 valence electrons. The molecule has 3 nitrogen and oxygen atoms in total. The second kappa shape index (κ2) is 9.75. The van der Waals surface area contributed by atoms with Gasteiger partial charge < -0.3 is 5.32 Å². The van der Waals surface area contributed by atoms with Crippen LogP contribution in [0.1, 0.15) is 48.3 Å². The van der Waals surface area contributed by atoms with Crippen molar-refractivity contribution in [3.05, 3.63) is 80.3 Å². The lowest BCUT2D eigenvalue weighted by molar-refractivity contribution is -0.117. The third-order valence-corrected chi connectivity index (χ3v) is 6.31. The van der Waals surface area contributed by atoms with Gasteiger partial charge in [0.25, 0.3) is 0 Å². The lowest BCUT2D eigenvalue weighted by Crippen LogP contribution is -2.18. The Morgan fingerprint density at radius 1 is 1.03 bits per heavy atom. The normalized spacial score (nSPS) is 12.2. The van der Waals surface area contributed by atoms with Crippen LogP contribution in [-0.2, 0) is 17.6 Å². The standard InChI is InChI=1S/C23H24Cl2N2OS/c1-14(2)10-16-4-7-18(8-5-16)15(3)22(28)27-23-26-13-19(29-23)11-17-6-9-20(24)21(25)12-17/h4-9,12-15H,10-11H2,1-3H3,(H,26,27,28). The van der Waals surface area contributed by atoms with Crippen LogP contribution in [0.3, 0.4) is 0 Å². The van der Waals surface area contributed by atoms with Crippen LogP contribution >= 0.6 is 34.5 Å². The Morgan fingerprint density at radius 3 is 2.38 bits per heavy atom. The van der Waals surface area contributed by atoms with E-state index in [1.54, 1.807) is 12.3 Å². The first-order valence-electron chi connectivity index (χ1n) is 9.60. The first kappa shape index (κ1) is 21.8. The van der Waals surface area contributed by atoms with Gasteiger partial charge in [0, 0.05) is 17.5 Å². The Labute approximate surface area is 186 Å². The fraction of sp³-hybridized carbons (Fsp3) is 0.304. The molecule has 0 saturated heterocycles. The number of rotatable bonds is 7. The van der Waals surface area contributed by atoms with Gasteiger partial charge in [0.2, 0.25) is 5.91 Å². The molecule has 6 heteroatoms. The van der Waals surface area contributed by atoms with E-state index in [0.717, 1.165) is 22.4 Å². The summed E-state index contributed by atoms with van der Waals surface area (Å²) in [6, 6.07) is 13.9. The molecule has 0 saturated carbocycles. The molecule has 0 fully saturated rings. The minimum absolute atomic E-state index is 0.0583. The molecule has 1 amide bonds. The maximum atomic E-state index is 12.6. The van der Waals surface area contributed by atoms with Crippen LogP contribution in [0.25, 0.3) is 0 Å². The molecule has 1 N–H and O–H groups in total. The van der Waals surface area contributed by atoms with Crippen LogP contribution < -0.4 is 5.32 Å². The molecule has 29 heavy (non-hydrogen) atoms. The summed E-state index contributed by atoms with van der Waals surface area (Å²) in [4.78, 5) is 18.0. The van der Waals surface area contributed by atoms with Gasteiger partial charge in [-0.25, -0.2) is 4.98 Å². The van der Waals surface area contributed by atoms with Gasteiger partial charge >= 0.3 is 0 Å². The van der Waals surface area contributed by atoms with Crippen molar-refractivity contribution < 1.29 is 4.79 Å². The number of halogens is 2. The van der Waals surface area contributed by atoms with Crippen LogP contribution in [0.4, 0.5) is 5.13 Å². The second-order valence-electron chi connectivity index (χ2n) is 7.61. The van der Waals surface area contributed by atoms with Crippen LogP contribution in [0, 0.1) is 5.92 Å². The van der Waals surface area contributed by atoms with E-state index >= 15 is 0 Å². The van der Waals surface area contributed by atoms with Crippen molar-refractivity contribution in [2.75, 3.05) is 5.32 Å². The largest absolute Gasteiger partial charge is 0.301 e. The molecule has 1 aromatic heterocycles. The minimum atomic E-state index is -0.245. The van der Waals surface area contributed by atoms with Gasteiger partial charge in [-0.15, -0.1) is 11.3 Å². The molecule has 0 spiro atoms. The highest BCUT2D eigenvalue weighted by Crippen LogP contribution is 2.27. The maximum Gasteiger partial charge on any atom is 0.233 e. The molecule has 0 aliphatic heterocycles. The predicted molar refractivity (Wildman–Crippen MR) is 123 cm³/mol. The SMILES string of the molecule is CC(C)Cc1ccc(C(C)C(=O)Nc2ncc(Cc3ccc(Cl)c(Cl)c3)s2)cc1. The van der Waals surface area contributed by atoms with Gasteiger partial charge in [-0.2, -0.15) is 0 Å². The molecule has 0 aliphatic carbocycles. The van der Waals surface area contributed by atoms with Crippen molar-refractivity contribution in [1.29, 1.82) is 0 Å². The lowest BCUT2D eigenvalue weighted by atomic mass is 9.96. The smallest absolute Gasteiger partial charge is 0.233 e. The Bertz CT molecular complexity index is 983. The van der Waals surface area contributed by atoms with E-state index in [2.05, 4.69) is 36.3 Å². The number of nitrogens with zero attached hydrogens (tertiary/aromatic N) is 1. The number of hydrogen-bond donors (Lipinski definition) is 1. The van der Waals surface area contributed by atoms with Gasteiger partial charge in [-0.1, -0.05) is 67.4 Å². The number of benzene rings is 2. The molecule has 3 rings (SSSR count). The third kappa shape index (κ3) is 6.05. The zero-order valence-corrected chi connectivity index (χ0v) is 19.0. The first-order valence-corrected chi connectivity index (χ1v) is 11.2. The molecule has 1 atom stereocenters. The van der Waals surface area contributed by atoms with Crippen LogP contribution in [0.2, 0.25) is 10.0 Å². The maximum absolute atomic E-state index is 12.6. The average molecular weight is 447 g/mol. The summed E-state index contributed by atoms with van der Waals surface area (Å²) in [5.41, 5.74) is 3.35. The Hall–Kier alpha value is -1.88. The number of carbonyl (C=O) groups excluding carboxylic acids is 1. The highest BCUT2D eigenvalue weighted by atomic mass is 35.5. The zero-order valence-electron chi connectivity index (χ0n) is 16.7. The number of aromatic nitrogens is 1. The van der Waals surface area contributed by atoms with E-state index in [1.807, 2.05) is 31.2 Å². The molecule has 0 aliphatic rings. The molecular formula is C23H24Cl2N2OS. The Balaban J connectivity index is 1.61. The Kier molecular flexibility index (Phi) is 7.33. The molecule has 0 bridgehead atoms. The fourth-order valence-corrected chi connectivity index (χ4v) is 4.25. The average Bonchev–Trinajstić information content (AvgIpc) is 3.11. The van der Waals surface area contributed by atoms with Crippen molar-refractivity contribution in [2.45, 2.75) is 39.5 Å². The first-order chi connectivity index (χ1) is 13.8. The Morgan fingerprint density at radius 2 is 1.72 bits per heavy atom. The van der Waals surface area contributed by atoms with E-state index in [0.29, 0.717) is 27.5 Å². The van der Waals surface area contributed by atoms with Crippen molar-refractivity contribution in [1.82, 2.24) is 4.98 Å². The molecule has 3 aromatic rings. The van der Waals surface area contributed by atoms with Gasteiger partial charge in [-0.3, -0.25) is 4.79 Å². The summed E-state index contributed by atoms with van der Waals surface area (Å²) in [6.45, 7) is 6.32. The lowest BCUT2D eigenvalue weighted by Gasteiger charge is -2.12. The van der Waals surface area contributed by atoms with Crippen LogP contribution in [0.15, 0.2) is 48.7 Å². The molecule has 2 aromatic carbocycles. The van der Waals surface area contributed by atoms with Gasteiger partial charge in [0.15, 0.2) is 5.13 Å². The summed E-state index contributed by atoms with van der Waals surface area (Å²) in [5.74, 6) is 0.312. The van der Waals surface area contributed by atoms with E-state index in [1.165, 1.54) is 16.9 Å². The van der Waals surface area contributed by atoms with Crippen LogP contribution in [0.5, 0.6) is 0 Å². The molecule has 0 radical (unpaired) electrons. The third-order valence-electron chi connectivity index (χ3n) is 4.66. The van der Waals surface area contributed by atoms with Gasteiger partial charge in [0.1, 0.15) is 0 Å². The molecule has 1 heterocycles. The second-order valence-corrected chi connectivity index (χ2v) is 9.54. The summed E-state index contributed by atoms with van der Waals surface area (Å²) >= 11 is 13.5. The number of hydrogen-bond acceptors (Lipinski definition) is 3. The van der Waals surface area contributed by atoms with Crippen molar-refractivity contribution >= 4 is 45.6 Å². The summed E-state index contributed by atoms with van der Waals surface area (Å²) in [5, 5.41) is 4.62. The van der Waals surface area contributed by atoms with Crippen molar-refractivity contribution in [2.24, 2.45) is 5.92 Å². The van der Waals surface area contributed by atoms with Crippen molar-refractivity contribution in [3.8, 4) is 0 Å². The van der Waals surface area contributed by atoms with Gasteiger partial charge in [-0.05, 0) is 48.1 Å². The van der Waals surface area contributed by atoms with E-state index in [9.17, 15) is 4.79 Å². The van der Waals surface area contributed by atoms with Crippen LogP contribution in [-0.4, -0.2) is 10.9 Å². The summed E-state index contributed by atoms with van der Waals surface area (Å²) in [6.07, 6.45) is 3.52. The minimum Gasteiger partial charge on any atom is -0.301 e. The van der Waals surface area contributed by atoms with E-state index < -0.39 is 0 Å². The summed E-state index contributed by atoms with van der Waals surface area (Å²) in [7, 11) is 0. The predicted octanol–water partition coefficient (Wildman–Crippen LogP) is 6.98. The van der Waals surface area contributed by atoms with Gasteiger partial charge in [0.05, 0.1) is 16.0 Å². The number of amides is 1. The number of thiazole rings is 1. The van der Waals surface area contributed by atoms with E-state index in [-0.39, 0.29) is 11.8 Å². The number of anilines is 1. The fourth-order valence-electron chi connectivity index (χ4n) is 3.08. The highest BCUT2D eigenvalue weighted by Gasteiger charge is 2.17. The monoisotopic (exact) mass is 446 g/mol. The van der Waals surface area contributed by atoms with E-state index in [4.69, 9.17) is 23.2 Å². The number of nitrogens with one attached hydrogen (secondary N) is 1. The zero-order chi connectivity index (χ0) is 21.0. The topological polar surface area (TPSA) is 42.0 Å². The molecular weight excluding hydrogens is 423 g/mol.